The van der Waals surface area contributed by atoms with Crippen molar-refractivity contribution in [3.63, 3.8) is 0 Å². The van der Waals surface area contributed by atoms with Crippen molar-refractivity contribution in [1.82, 2.24) is 4.90 Å². The van der Waals surface area contributed by atoms with E-state index >= 15 is 0 Å². The Morgan fingerprint density at radius 2 is 1.66 bits per heavy atom. The van der Waals surface area contributed by atoms with Gasteiger partial charge in [-0.3, -0.25) is 9.59 Å². The molecule has 1 fully saturated rings. The summed E-state index contributed by atoms with van der Waals surface area (Å²) in [5.41, 5.74) is 2.86. The molecule has 7 nitrogen and oxygen atoms in total. The molecule has 1 saturated heterocycles. The van der Waals surface area contributed by atoms with Crippen molar-refractivity contribution in [2.24, 2.45) is 0 Å². The van der Waals surface area contributed by atoms with Gasteiger partial charge < -0.3 is 24.6 Å². The zero-order chi connectivity index (χ0) is 25.1. The second kappa shape index (κ2) is 9.93. The summed E-state index contributed by atoms with van der Waals surface area (Å²) in [6.45, 7) is 2.13. The summed E-state index contributed by atoms with van der Waals surface area (Å²) >= 11 is 0. The van der Waals surface area contributed by atoms with E-state index in [1.54, 1.807) is 44.6 Å². The van der Waals surface area contributed by atoms with Crippen LogP contribution in [0.5, 0.6) is 17.2 Å². The fraction of sp³-hybridized carbons (Fsp3) is 0.214. The molecule has 180 valence electrons. The predicted octanol–water partition coefficient (Wildman–Crippen LogP) is 4.38. The van der Waals surface area contributed by atoms with Crippen molar-refractivity contribution >= 4 is 17.4 Å². The van der Waals surface area contributed by atoms with E-state index in [9.17, 15) is 19.8 Å². The third-order valence-corrected chi connectivity index (χ3v) is 6.14. The van der Waals surface area contributed by atoms with Crippen LogP contribution in [0.4, 0.5) is 0 Å². The van der Waals surface area contributed by atoms with E-state index in [2.05, 4.69) is 0 Å². The van der Waals surface area contributed by atoms with E-state index in [1.807, 2.05) is 31.2 Å². The molecular formula is C28H27NO6. The number of likely N-dealkylation sites (tertiary alicyclic amines) is 1. The summed E-state index contributed by atoms with van der Waals surface area (Å²) in [7, 11) is 3.10. The lowest BCUT2D eigenvalue weighted by Gasteiger charge is -2.25. The van der Waals surface area contributed by atoms with E-state index in [0.29, 0.717) is 29.0 Å². The number of carbonyl (C=O) groups excluding carboxylic acids is 2. The number of nitrogens with zero attached hydrogens (tertiary/aromatic N) is 1. The number of aliphatic hydroxyl groups excluding tert-OH is 1. The third-order valence-electron chi connectivity index (χ3n) is 6.14. The minimum Gasteiger partial charge on any atom is -0.508 e. The van der Waals surface area contributed by atoms with Gasteiger partial charge in [-0.05, 0) is 48.7 Å². The number of carbonyl (C=O) groups is 2. The average Bonchev–Trinajstić information content (AvgIpc) is 3.12. The molecule has 1 amide bonds. The summed E-state index contributed by atoms with van der Waals surface area (Å²) in [6, 6.07) is 18.1. The van der Waals surface area contributed by atoms with Gasteiger partial charge in [0.05, 0.1) is 25.8 Å². The number of hydrogen-bond donors (Lipinski definition) is 2. The van der Waals surface area contributed by atoms with E-state index in [1.165, 1.54) is 17.0 Å². The number of benzene rings is 3. The molecule has 1 heterocycles. The molecule has 1 atom stereocenters. The first-order valence-corrected chi connectivity index (χ1v) is 11.2. The molecule has 3 aromatic carbocycles. The normalized spacial score (nSPS) is 17.0. The van der Waals surface area contributed by atoms with Crippen LogP contribution >= 0.6 is 0 Å². The van der Waals surface area contributed by atoms with E-state index in [0.717, 1.165) is 11.1 Å². The van der Waals surface area contributed by atoms with Crippen LogP contribution in [-0.2, 0) is 16.0 Å². The van der Waals surface area contributed by atoms with E-state index in [4.69, 9.17) is 9.47 Å². The lowest BCUT2D eigenvalue weighted by Crippen LogP contribution is -2.31. The Morgan fingerprint density at radius 1 is 0.943 bits per heavy atom. The van der Waals surface area contributed by atoms with Gasteiger partial charge in [0, 0.05) is 12.1 Å². The number of ether oxygens (including phenoxy) is 2. The van der Waals surface area contributed by atoms with Gasteiger partial charge in [-0.1, -0.05) is 48.0 Å². The number of amides is 1. The van der Waals surface area contributed by atoms with Gasteiger partial charge in [0.15, 0.2) is 11.5 Å². The number of methoxy groups -OCH3 is 2. The third kappa shape index (κ3) is 4.71. The van der Waals surface area contributed by atoms with Crippen molar-refractivity contribution in [3.8, 4) is 17.2 Å². The predicted molar refractivity (Wildman–Crippen MR) is 132 cm³/mol. The van der Waals surface area contributed by atoms with Gasteiger partial charge in [0.2, 0.25) is 0 Å². The van der Waals surface area contributed by atoms with Crippen LogP contribution in [-0.4, -0.2) is 47.6 Å². The molecule has 4 rings (SSSR count). The minimum atomic E-state index is -0.844. The molecule has 7 heteroatoms. The van der Waals surface area contributed by atoms with Crippen LogP contribution in [0.2, 0.25) is 0 Å². The van der Waals surface area contributed by atoms with Crippen molar-refractivity contribution in [3.05, 3.63) is 94.6 Å². The first-order valence-electron chi connectivity index (χ1n) is 11.2. The number of aromatic hydroxyl groups is 1. The fourth-order valence-electron chi connectivity index (χ4n) is 4.30. The fourth-order valence-corrected chi connectivity index (χ4v) is 4.30. The molecule has 0 aliphatic carbocycles. The molecule has 0 aromatic heterocycles. The molecule has 0 spiro atoms. The molecule has 2 N–H and O–H groups in total. The quantitative estimate of drug-likeness (QED) is 0.300. The second-order valence-electron chi connectivity index (χ2n) is 8.39. The van der Waals surface area contributed by atoms with Crippen LogP contribution in [0.3, 0.4) is 0 Å². The maximum atomic E-state index is 13.2. The Hall–Kier alpha value is -4.26. The Bertz CT molecular complexity index is 1300. The molecular weight excluding hydrogens is 446 g/mol. The van der Waals surface area contributed by atoms with Crippen LogP contribution in [0, 0.1) is 6.92 Å². The Balaban J connectivity index is 1.74. The van der Waals surface area contributed by atoms with Crippen molar-refractivity contribution < 1.29 is 29.3 Å². The summed E-state index contributed by atoms with van der Waals surface area (Å²) in [5.74, 6) is -0.546. The topological polar surface area (TPSA) is 96.3 Å². The molecule has 1 aliphatic heterocycles. The highest BCUT2D eigenvalue weighted by Crippen LogP contribution is 2.40. The summed E-state index contributed by atoms with van der Waals surface area (Å²) in [6.07, 6.45) is 0.438. The largest absolute Gasteiger partial charge is 0.508 e. The monoisotopic (exact) mass is 473 g/mol. The molecule has 35 heavy (non-hydrogen) atoms. The maximum Gasteiger partial charge on any atom is 0.295 e. The second-order valence-corrected chi connectivity index (χ2v) is 8.39. The molecule has 0 saturated carbocycles. The highest BCUT2D eigenvalue weighted by Gasteiger charge is 2.45. The molecule has 0 unspecified atom stereocenters. The van der Waals surface area contributed by atoms with Crippen molar-refractivity contribution in [1.29, 1.82) is 0 Å². The standard InChI is InChI=1S/C28H27NO6/c1-17-7-10-19(11-8-17)26(31)24-25(20-5-4-6-21(30)16-20)29(28(33)27(24)32)14-13-18-9-12-22(34-2)23(15-18)35-3/h4-12,15-16,25,30-31H,13-14H2,1-3H3/t25-/m1/s1. The van der Waals surface area contributed by atoms with Crippen LogP contribution in [0.25, 0.3) is 5.76 Å². The minimum absolute atomic E-state index is 0.00300. The lowest BCUT2D eigenvalue weighted by atomic mass is 9.94. The van der Waals surface area contributed by atoms with Crippen LogP contribution < -0.4 is 9.47 Å². The van der Waals surface area contributed by atoms with Crippen LogP contribution in [0.1, 0.15) is 28.3 Å². The first-order chi connectivity index (χ1) is 16.8. The maximum absolute atomic E-state index is 13.2. The zero-order valence-corrected chi connectivity index (χ0v) is 19.8. The Labute approximate surface area is 203 Å². The van der Waals surface area contributed by atoms with Gasteiger partial charge in [0.1, 0.15) is 11.5 Å². The Morgan fingerprint density at radius 3 is 2.31 bits per heavy atom. The molecule has 1 aliphatic rings. The number of rotatable bonds is 7. The smallest absolute Gasteiger partial charge is 0.295 e. The number of phenolic OH excluding ortho intramolecular Hbond substituents is 1. The lowest BCUT2D eigenvalue weighted by molar-refractivity contribution is -0.139. The summed E-state index contributed by atoms with van der Waals surface area (Å²) < 4.78 is 10.7. The van der Waals surface area contributed by atoms with E-state index < -0.39 is 17.7 Å². The van der Waals surface area contributed by atoms with Gasteiger partial charge in [-0.25, -0.2) is 0 Å². The Kier molecular flexibility index (Phi) is 6.78. The van der Waals surface area contributed by atoms with Crippen LogP contribution in [0.15, 0.2) is 72.3 Å². The molecule has 3 aromatic rings. The van der Waals surface area contributed by atoms with E-state index in [-0.39, 0.29) is 23.6 Å². The zero-order valence-electron chi connectivity index (χ0n) is 19.8. The highest BCUT2D eigenvalue weighted by atomic mass is 16.5. The number of ketones is 1. The summed E-state index contributed by atoms with van der Waals surface area (Å²) in [4.78, 5) is 27.7. The number of Topliss-reactive ketones (excluding diaryl/α,β-unsaturated/α-hetero) is 1. The number of aliphatic hydroxyl groups is 1. The van der Waals surface area contributed by atoms with Gasteiger partial charge in [0.25, 0.3) is 11.7 Å². The SMILES string of the molecule is COc1ccc(CCN2C(=O)C(=O)C(=C(O)c3ccc(C)cc3)[C@H]2c2cccc(O)c2)cc1OC. The number of aryl methyl sites for hydroxylation is 1. The summed E-state index contributed by atoms with van der Waals surface area (Å²) in [5, 5.41) is 21.2. The number of hydrogen-bond acceptors (Lipinski definition) is 6. The molecule has 0 bridgehead atoms. The number of phenols is 1. The molecule has 0 radical (unpaired) electrons. The van der Waals surface area contributed by atoms with Crippen molar-refractivity contribution in [2.75, 3.05) is 20.8 Å². The average molecular weight is 474 g/mol. The van der Waals surface area contributed by atoms with Gasteiger partial charge >= 0.3 is 0 Å². The first kappa shape index (κ1) is 23.9. The van der Waals surface area contributed by atoms with Gasteiger partial charge in [-0.2, -0.15) is 0 Å². The highest BCUT2D eigenvalue weighted by molar-refractivity contribution is 6.46. The van der Waals surface area contributed by atoms with Gasteiger partial charge in [-0.15, -0.1) is 0 Å². The van der Waals surface area contributed by atoms with Crippen molar-refractivity contribution in [2.45, 2.75) is 19.4 Å².